The number of ether oxygens (including phenoxy) is 3. The van der Waals surface area contributed by atoms with Crippen LogP contribution in [-0.2, 0) is 6.42 Å². The van der Waals surface area contributed by atoms with Gasteiger partial charge in [0.25, 0.3) is 0 Å². The molecule has 0 fully saturated rings. The highest BCUT2D eigenvalue weighted by atomic mass is 19.1. The molecule has 1 aromatic carbocycles. The predicted molar refractivity (Wildman–Crippen MR) is 56.7 cm³/mol. The largest absolute Gasteiger partial charge is 0.493 e. The van der Waals surface area contributed by atoms with E-state index in [4.69, 9.17) is 19.9 Å². The van der Waals surface area contributed by atoms with Gasteiger partial charge in [-0.3, -0.25) is 0 Å². The first-order chi connectivity index (χ1) is 7.77. The molecule has 88 valence electrons. The maximum Gasteiger partial charge on any atom is 0.169 e. The van der Waals surface area contributed by atoms with E-state index in [-0.39, 0.29) is 5.75 Å². The lowest BCUT2D eigenvalue weighted by Gasteiger charge is -2.22. The molecule has 1 aliphatic rings. The predicted octanol–water partition coefficient (Wildman–Crippen LogP) is 1.11. The van der Waals surface area contributed by atoms with Gasteiger partial charge < -0.3 is 19.9 Å². The van der Waals surface area contributed by atoms with Crippen LogP contribution in [0.3, 0.4) is 0 Å². The Balaban J connectivity index is 2.54. The molecule has 2 N–H and O–H groups in total. The molecule has 0 radical (unpaired) electrons. The lowest BCUT2D eigenvalue weighted by Crippen LogP contribution is -2.18. The van der Waals surface area contributed by atoms with E-state index < -0.39 is 5.82 Å². The molecule has 0 unspecified atom stereocenters. The number of halogens is 1. The van der Waals surface area contributed by atoms with Crippen LogP contribution in [0.2, 0.25) is 0 Å². The molecule has 0 bridgehead atoms. The Morgan fingerprint density at radius 1 is 1.44 bits per heavy atom. The third kappa shape index (κ3) is 1.78. The first-order valence-corrected chi connectivity index (χ1v) is 5.13. The summed E-state index contributed by atoms with van der Waals surface area (Å²) in [6.45, 7) is 1.29. The Kier molecular flexibility index (Phi) is 3.14. The minimum atomic E-state index is -0.449. The van der Waals surface area contributed by atoms with Crippen molar-refractivity contribution in [1.82, 2.24) is 0 Å². The molecular formula is C11H14FNO3. The van der Waals surface area contributed by atoms with Crippen LogP contribution in [0, 0.1) is 5.82 Å². The van der Waals surface area contributed by atoms with Gasteiger partial charge in [0.2, 0.25) is 0 Å². The highest BCUT2D eigenvalue weighted by Gasteiger charge is 2.23. The van der Waals surface area contributed by atoms with Gasteiger partial charge in [0, 0.05) is 11.6 Å². The molecule has 0 amide bonds. The van der Waals surface area contributed by atoms with Gasteiger partial charge in [-0.15, -0.1) is 0 Å². The van der Waals surface area contributed by atoms with Crippen molar-refractivity contribution in [2.75, 3.05) is 26.9 Å². The Morgan fingerprint density at radius 3 is 2.88 bits per heavy atom. The average molecular weight is 227 g/mol. The Hall–Kier alpha value is -1.49. The van der Waals surface area contributed by atoms with Crippen molar-refractivity contribution >= 4 is 0 Å². The van der Waals surface area contributed by atoms with Gasteiger partial charge in [-0.1, -0.05) is 0 Å². The second kappa shape index (κ2) is 4.57. The first kappa shape index (κ1) is 11.0. The summed E-state index contributed by atoms with van der Waals surface area (Å²) in [6.07, 6.45) is 0.493. The van der Waals surface area contributed by atoms with E-state index in [0.717, 1.165) is 0 Å². The number of rotatable bonds is 3. The summed E-state index contributed by atoms with van der Waals surface area (Å²) in [5, 5.41) is 0. The fraction of sp³-hybridized carbons (Fsp3) is 0.455. The molecule has 5 heteroatoms. The van der Waals surface area contributed by atoms with Gasteiger partial charge in [0.15, 0.2) is 23.1 Å². The zero-order valence-corrected chi connectivity index (χ0v) is 9.09. The summed E-state index contributed by atoms with van der Waals surface area (Å²) in [5.74, 6) is 0.716. The minimum Gasteiger partial charge on any atom is -0.493 e. The number of nitrogens with two attached hydrogens (primary N) is 1. The van der Waals surface area contributed by atoms with Gasteiger partial charge in [-0.25, -0.2) is 4.39 Å². The fourth-order valence-corrected chi connectivity index (χ4v) is 1.80. The zero-order valence-electron chi connectivity index (χ0n) is 9.09. The van der Waals surface area contributed by atoms with E-state index >= 15 is 0 Å². The monoisotopic (exact) mass is 227 g/mol. The molecule has 0 aromatic heterocycles. The Bertz CT molecular complexity index is 395. The molecule has 0 saturated carbocycles. The number of hydrogen-bond donors (Lipinski definition) is 1. The van der Waals surface area contributed by atoms with Crippen molar-refractivity contribution in [1.29, 1.82) is 0 Å². The summed E-state index contributed by atoms with van der Waals surface area (Å²) in [6, 6.07) is 1.29. The first-order valence-electron chi connectivity index (χ1n) is 5.13. The van der Waals surface area contributed by atoms with Gasteiger partial charge in [0.05, 0.1) is 7.11 Å². The maximum atomic E-state index is 13.7. The molecular weight excluding hydrogens is 213 g/mol. The van der Waals surface area contributed by atoms with Crippen molar-refractivity contribution in [2.45, 2.75) is 6.42 Å². The summed E-state index contributed by atoms with van der Waals surface area (Å²) < 4.78 is 29.5. The average Bonchev–Trinajstić information content (AvgIpc) is 2.29. The quantitative estimate of drug-likeness (QED) is 0.840. The third-order valence-corrected chi connectivity index (χ3v) is 2.43. The van der Waals surface area contributed by atoms with Crippen LogP contribution in [0.1, 0.15) is 5.56 Å². The maximum absolute atomic E-state index is 13.7. The summed E-state index contributed by atoms with van der Waals surface area (Å²) >= 11 is 0. The van der Waals surface area contributed by atoms with E-state index in [2.05, 4.69) is 0 Å². The van der Waals surface area contributed by atoms with E-state index in [1.165, 1.54) is 13.2 Å². The van der Waals surface area contributed by atoms with Crippen molar-refractivity contribution < 1.29 is 18.6 Å². The smallest absolute Gasteiger partial charge is 0.169 e. The Labute approximate surface area is 93.1 Å². The fourth-order valence-electron chi connectivity index (χ4n) is 1.80. The molecule has 1 aliphatic heterocycles. The van der Waals surface area contributed by atoms with Gasteiger partial charge in [-0.05, 0) is 13.0 Å². The van der Waals surface area contributed by atoms with Crippen LogP contribution >= 0.6 is 0 Å². The van der Waals surface area contributed by atoms with E-state index in [0.29, 0.717) is 43.2 Å². The molecule has 0 spiro atoms. The normalized spacial score (nSPS) is 13.7. The van der Waals surface area contributed by atoms with E-state index in [1.54, 1.807) is 0 Å². The van der Waals surface area contributed by atoms with E-state index in [1.807, 2.05) is 0 Å². The molecule has 0 saturated heterocycles. The summed E-state index contributed by atoms with van der Waals surface area (Å²) in [4.78, 5) is 0. The molecule has 1 heterocycles. The van der Waals surface area contributed by atoms with Crippen LogP contribution < -0.4 is 19.9 Å². The second-order valence-electron chi connectivity index (χ2n) is 3.43. The molecule has 0 atom stereocenters. The highest BCUT2D eigenvalue weighted by Crippen LogP contribution is 2.41. The molecule has 2 rings (SSSR count). The lowest BCUT2D eigenvalue weighted by atomic mass is 10.1. The van der Waals surface area contributed by atoms with Crippen LogP contribution in [-0.4, -0.2) is 26.9 Å². The summed E-state index contributed by atoms with van der Waals surface area (Å²) in [7, 11) is 1.43. The number of methoxy groups -OCH3 is 1. The molecule has 4 nitrogen and oxygen atoms in total. The number of fused-ring (bicyclic) bond motifs is 1. The Morgan fingerprint density at radius 2 is 2.19 bits per heavy atom. The number of hydrogen-bond acceptors (Lipinski definition) is 4. The van der Waals surface area contributed by atoms with E-state index in [9.17, 15) is 4.39 Å². The van der Waals surface area contributed by atoms with Crippen LogP contribution in [0.25, 0.3) is 0 Å². The van der Waals surface area contributed by atoms with Crippen LogP contribution in [0.5, 0.6) is 17.2 Å². The van der Waals surface area contributed by atoms with Crippen LogP contribution in [0.4, 0.5) is 4.39 Å². The second-order valence-corrected chi connectivity index (χ2v) is 3.43. The van der Waals surface area contributed by atoms with Crippen molar-refractivity contribution in [3.8, 4) is 17.2 Å². The van der Waals surface area contributed by atoms with Gasteiger partial charge >= 0.3 is 0 Å². The zero-order chi connectivity index (χ0) is 11.5. The standard InChI is InChI=1S/C11H14FNO3/c1-14-10-7(2-3-13)11-9(6-8(10)12)15-4-5-16-11/h6H,2-5,13H2,1H3. The minimum absolute atomic E-state index is 0.190. The molecule has 0 aliphatic carbocycles. The SMILES string of the molecule is COc1c(F)cc2c(c1CCN)OCCO2. The van der Waals surface area contributed by atoms with Gasteiger partial charge in [0.1, 0.15) is 13.2 Å². The van der Waals surface area contributed by atoms with Crippen molar-refractivity contribution in [2.24, 2.45) is 5.73 Å². The van der Waals surface area contributed by atoms with Crippen molar-refractivity contribution in [3.63, 3.8) is 0 Å². The topological polar surface area (TPSA) is 53.7 Å². The van der Waals surface area contributed by atoms with Gasteiger partial charge in [-0.2, -0.15) is 0 Å². The molecule has 1 aromatic rings. The summed E-state index contributed by atoms with van der Waals surface area (Å²) in [5.41, 5.74) is 6.13. The highest BCUT2D eigenvalue weighted by molar-refractivity contribution is 5.55. The van der Waals surface area contributed by atoms with Crippen LogP contribution in [0.15, 0.2) is 6.07 Å². The lowest BCUT2D eigenvalue weighted by molar-refractivity contribution is 0.167. The number of benzene rings is 1. The third-order valence-electron chi connectivity index (χ3n) is 2.43. The molecule has 16 heavy (non-hydrogen) atoms. The van der Waals surface area contributed by atoms with Crippen molar-refractivity contribution in [3.05, 3.63) is 17.4 Å².